The lowest BCUT2D eigenvalue weighted by atomic mass is 10.0. The van der Waals surface area contributed by atoms with Crippen LogP contribution < -0.4 is 5.73 Å². The number of primary amides is 1. The van der Waals surface area contributed by atoms with Crippen molar-refractivity contribution >= 4 is 17.9 Å². The van der Waals surface area contributed by atoms with Crippen LogP contribution in [0.2, 0.25) is 0 Å². The van der Waals surface area contributed by atoms with Gasteiger partial charge in [-0.2, -0.15) is 5.06 Å². The van der Waals surface area contributed by atoms with E-state index in [1.807, 2.05) is 0 Å². The van der Waals surface area contributed by atoms with E-state index >= 15 is 0 Å². The molecule has 3 amide bonds. The minimum absolute atomic E-state index is 0.195. The zero-order chi connectivity index (χ0) is 17.6. The fraction of sp³-hybridized carbons (Fsp3) is 0.800. The predicted octanol–water partition coefficient (Wildman–Crippen LogP) is 0.792. The quantitative estimate of drug-likeness (QED) is 0.769. The zero-order valence-corrected chi connectivity index (χ0v) is 14.3. The molecule has 2 atom stereocenters. The highest BCUT2D eigenvalue weighted by atomic mass is 16.7. The molecular formula is C15H25N3O5. The summed E-state index contributed by atoms with van der Waals surface area (Å²) in [5.74, 6) is -1.08. The SMILES string of the molecule is CC(C)(C)OC(=O)C(C)(C)ON1C(=O)N2C[C@H]1CC[C@H]2C(N)=O. The lowest BCUT2D eigenvalue weighted by Gasteiger charge is -2.32. The maximum atomic E-state index is 12.5. The first-order valence-electron chi connectivity index (χ1n) is 7.74. The molecule has 0 aromatic rings. The number of hydroxylamine groups is 2. The van der Waals surface area contributed by atoms with Gasteiger partial charge in [0.05, 0.1) is 6.04 Å². The molecule has 2 saturated heterocycles. The number of nitrogens with two attached hydrogens (primary N) is 1. The van der Waals surface area contributed by atoms with Crippen LogP contribution in [0.3, 0.4) is 0 Å². The Bertz CT molecular complexity index is 526. The van der Waals surface area contributed by atoms with Crippen LogP contribution in [0, 0.1) is 0 Å². The van der Waals surface area contributed by atoms with Crippen molar-refractivity contribution in [2.75, 3.05) is 6.54 Å². The molecule has 0 saturated carbocycles. The van der Waals surface area contributed by atoms with Crippen molar-refractivity contribution in [3.63, 3.8) is 0 Å². The third kappa shape index (κ3) is 3.57. The Labute approximate surface area is 135 Å². The molecular weight excluding hydrogens is 302 g/mol. The number of hydrogen-bond acceptors (Lipinski definition) is 5. The lowest BCUT2D eigenvalue weighted by molar-refractivity contribution is -0.231. The Hall–Kier alpha value is -1.83. The van der Waals surface area contributed by atoms with E-state index in [1.54, 1.807) is 34.6 Å². The van der Waals surface area contributed by atoms with E-state index < -0.39 is 35.2 Å². The van der Waals surface area contributed by atoms with Gasteiger partial charge in [0.2, 0.25) is 5.91 Å². The molecule has 23 heavy (non-hydrogen) atoms. The second-order valence-corrected chi connectivity index (χ2v) is 7.51. The summed E-state index contributed by atoms with van der Waals surface area (Å²) in [4.78, 5) is 43.2. The van der Waals surface area contributed by atoms with Gasteiger partial charge in [-0.3, -0.25) is 9.63 Å². The van der Waals surface area contributed by atoms with Gasteiger partial charge in [0, 0.05) is 6.54 Å². The largest absolute Gasteiger partial charge is 0.458 e. The molecule has 8 heteroatoms. The summed E-state index contributed by atoms with van der Waals surface area (Å²) in [5, 5.41) is 1.19. The van der Waals surface area contributed by atoms with E-state index in [0.717, 1.165) is 0 Å². The third-order valence-electron chi connectivity index (χ3n) is 3.87. The van der Waals surface area contributed by atoms with E-state index in [2.05, 4.69) is 0 Å². The molecule has 0 aliphatic carbocycles. The van der Waals surface area contributed by atoms with E-state index in [4.69, 9.17) is 15.3 Å². The van der Waals surface area contributed by atoms with Crippen molar-refractivity contribution in [1.29, 1.82) is 0 Å². The molecule has 8 nitrogen and oxygen atoms in total. The topological polar surface area (TPSA) is 102 Å². The average molecular weight is 327 g/mol. The van der Waals surface area contributed by atoms with Crippen LogP contribution in [0.4, 0.5) is 4.79 Å². The van der Waals surface area contributed by atoms with Crippen molar-refractivity contribution in [1.82, 2.24) is 9.96 Å². The van der Waals surface area contributed by atoms with Crippen LogP contribution in [-0.4, -0.2) is 57.7 Å². The molecule has 2 fully saturated rings. The Morgan fingerprint density at radius 2 is 1.78 bits per heavy atom. The van der Waals surface area contributed by atoms with E-state index in [1.165, 1.54) is 9.96 Å². The second kappa shape index (κ2) is 5.67. The van der Waals surface area contributed by atoms with Gasteiger partial charge < -0.3 is 15.4 Å². The number of piperidine rings is 1. The first-order valence-corrected chi connectivity index (χ1v) is 7.74. The van der Waals surface area contributed by atoms with E-state index in [-0.39, 0.29) is 6.04 Å². The minimum Gasteiger partial charge on any atom is -0.458 e. The van der Waals surface area contributed by atoms with Crippen molar-refractivity contribution in [2.24, 2.45) is 5.73 Å². The number of nitrogens with zero attached hydrogens (tertiary/aromatic N) is 2. The molecule has 0 aromatic heterocycles. The summed E-state index contributed by atoms with van der Waals surface area (Å²) in [5.41, 5.74) is 3.37. The number of rotatable bonds is 4. The molecule has 2 aliphatic heterocycles. The number of carbonyl (C=O) groups is 3. The van der Waals surface area contributed by atoms with E-state index in [9.17, 15) is 14.4 Å². The Morgan fingerprint density at radius 3 is 2.30 bits per heavy atom. The molecule has 0 spiro atoms. The van der Waals surface area contributed by atoms with Gasteiger partial charge in [0.1, 0.15) is 11.6 Å². The molecule has 0 radical (unpaired) electrons. The summed E-state index contributed by atoms with van der Waals surface area (Å²) in [6.07, 6.45) is 1.10. The second-order valence-electron chi connectivity index (χ2n) is 7.51. The molecule has 0 aromatic carbocycles. The fourth-order valence-corrected chi connectivity index (χ4v) is 2.73. The van der Waals surface area contributed by atoms with Gasteiger partial charge in [0.25, 0.3) is 0 Å². The molecule has 0 unspecified atom stereocenters. The van der Waals surface area contributed by atoms with E-state index in [0.29, 0.717) is 19.4 Å². The van der Waals surface area contributed by atoms with Gasteiger partial charge in [-0.25, -0.2) is 9.59 Å². The summed E-state index contributed by atoms with van der Waals surface area (Å²) >= 11 is 0. The fourth-order valence-electron chi connectivity index (χ4n) is 2.73. The number of fused-ring (bicyclic) bond motifs is 2. The predicted molar refractivity (Wildman–Crippen MR) is 81.0 cm³/mol. The molecule has 2 heterocycles. The standard InChI is InChI=1S/C15H25N3O5/c1-14(2,3)22-12(20)15(4,5)23-18-9-6-7-10(11(16)19)17(8-9)13(18)21/h9-10H,6-8H2,1-5H3,(H2,16,19)/t9-,10+/m1/s1. The van der Waals surface area contributed by atoms with Gasteiger partial charge in [0.15, 0.2) is 5.60 Å². The smallest absolute Gasteiger partial charge is 0.345 e. The Kier molecular flexibility index (Phi) is 4.32. The third-order valence-corrected chi connectivity index (χ3v) is 3.87. The van der Waals surface area contributed by atoms with Crippen molar-refractivity contribution in [3.05, 3.63) is 0 Å². The van der Waals surface area contributed by atoms with Crippen molar-refractivity contribution < 1.29 is 24.0 Å². The summed E-state index contributed by atoms with van der Waals surface area (Å²) in [6, 6.07) is -1.25. The monoisotopic (exact) mass is 327 g/mol. The average Bonchev–Trinajstić information content (AvgIpc) is 2.61. The zero-order valence-electron chi connectivity index (χ0n) is 14.3. The van der Waals surface area contributed by atoms with Crippen molar-refractivity contribution in [2.45, 2.75) is 70.7 Å². The highest BCUT2D eigenvalue weighted by molar-refractivity contribution is 5.87. The highest BCUT2D eigenvalue weighted by Gasteiger charge is 2.50. The van der Waals surface area contributed by atoms with Crippen LogP contribution in [0.5, 0.6) is 0 Å². The summed E-state index contributed by atoms with van der Waals surface area (Å²) in [7, 11) is 0. The number of urea groups is 1. The highest BCUT2D eigenvalue weighted by Crippen LogP contribution is 2.32. The van der Waals surface area contributed by atoms with Crippen LogP contribution in [0.1, 0.15) is 47.5 Å². The number of hydrogen-bond donors (Lipinski definition) is 1. The maximum Gasteiger partial charge on any atom is 0.345 e. The number of esters is 1. The minimum atomic E-state index is -1.32. The first kappa shape index (κ1) is 17.5. The summed E-state index contributed by atoms with van der Waals surface area (Å²) < 4.78 is 5.33. The molecule has 2 aliphatic rings. The molecule has 130 valence electrons. The van der Waals surface area contributed by atoms with Gasteiger partial charge in [-0.05, 0) is 47.5 Å². The van der Waals surface area contributed by atoms with Gasteiger partial charge in [-0.15, -0.1) is 0 Å². The van der Waals surface area contributed by atoms with Crippen LogP contribution in [0.15, 0.2) is 0 Å². The molecule has 2 N–H and O–H groups in total. The molecule has 2 bridgehead atoms. The lowest BCUT2D eigenvalue weighted by Crippen LogP contribution is -2.48. The van der Waals surface area contributed by atoms with Crippen molar-refractivity contribution in [3.8, 4) is 0 Å². The normalized spacial score (nSPS) is 24.8. The van der Waals surface area contributed by atoms with Gasteiger partial charge >= 0.3 is 12.0 Å². The van der Waals surface area contributed by atoms with Crippen LogP contribution in [-0.2, 0) is 19.2 Å². The Balaban J connectivity index is 2.10. The van der Waals surface area contributed by atoms with Crippen LogP contribution in [0.25, 0.3) is 0 Å². The summed E-state index contributed by atoms with van der Waals surface area (Å²) in [6.45, 7) is 8.76. The first-order chi connectivity index (χ1) is 10.4. The van der Waals surface area contributed by atoms with Gasteiger partial charge in [-0.1, -0.05) is 0 Å². The number of amides is 3. The molecule has 2 rings (SSSR count). The Morgan fingerprint density at radius 1 is 1.17 bits per heavy atom. The number of ether oxygens (including phenoxy) is 1. The van der Waals surface area contributed by atoms with Crippen LogP contribution >= 0.6 is 0 Å². The maximum absolute atomic E-state index is 12.5. The number of carbonyl (C=O) groups excluding carboxylic acids is 3.